The van der Waals surface area contributed by atoms with Crippen LogP contribution in [0.1, 0.15) is 81.9 Å². The van der Waals surface area contributed by atoms with Crippen molar-refractivity contribution in [1.82, 2.24) is 20.3 Å². The SMILES string of the molecule is CCC(Cn1nncc1CCCCCC1CCC(=O)NC1=O)c1ccc(F)c(OCC2CC2)c1. The highest BCUT2D eigenvalue weighted by Gasteiger charge is 2.26. The van der Waals surface area contributed by atoms with E-state index < -0.39 is 0 Å². The average molecular weight is 471 g/mol. The summed E-state index contributed by atoms with van der Waals surface area (Å²) in [6.45, 7) is 3.41. The van der Waals surface area contributed by atoms with Crippen LogP contribution >= 0.6 is 0 Å². The lowest BCUT2D eigenvalue weighted by Crippen LogP contribution is -2.40. The van der Waals surface area contributed by atoms with Gasteiger partial charge in [0.1, 0.15) is 0 Å². The molecule has 2 heterocycles. The topological polar surface area (TPSA) is 86.1 Å². The first-order chi connectivity index (χ1) is 16.5. The molecule has 8 heteroatoms. The average Bonchev–Trinajstić information content (AvgIpc) is 3.55. The lowest BCUT2D eigenvalue weighted by molar-refractivity contribution is -0.136. The first kappa shape index (κ1) is 24.4. The zero-order chi connectivity index (χ0) is 23.9. The Bertz CT molecular complexity index is 988. The number of unbranched alkanes of at least 4 members (excludes halogenated alkanes) is 2. The number of hydrogen-bond acceptors (Lipinski definition) is 5. The van der Waals surface area contributed by atoms with Gasteiger partial charge in [0.05, 0.1) is 18.5 Å². The number of piperidine rings is 1. The van der Waals surface area contributed by atoms with Gasteiger partial charge in [0.2, 0.25) is 11.8 Å². The van der Waals surface area contributed by atoms with Crippen LogP contribution in [0, 0.1) is 17.7 Å². The number of halogens is 1. The van der Waals surface area contributed by atoms with E-state index in [0.29, 0.717) is 37.7 Å². The lowest BCUT2D eigenvalue weighted by atomic mass is 9.92. The summed E-state index contributed by atoms with van der Waals surface area (Å²) >= 11 is 0. The predicted octanol–water partition coefficient (Wildman–Crippen LogP) is 4.56. The summed E-state index contributed by atoms with van der Waals surface area (Å²) in [6.07, 6.45) is 10.8. The molecule has 0 spiro atoms. The van der Waals surface area contributed by atoms with Crippen molar-refractivity contribution in [3.8, 4) is 5.75 Å². The number of nitrogens with one attached hydrogen (secondary N) is 1. The molecule has 2 aromatic rings. The van der Waals surface area contributed by atoms with Crippen molar-refractivity contribution in [1.29, 1.82) is 0 Å². The zero-order valence-electron chi connectivity index (χ0n) is 20.0. The van der Waals surface area contributed by atoms with Crippen LogP contribution in [-0.4, -0.2) is 33.4 Å². The standard InChI is InChI=1S/C26H35FN4O3/c1-2-19(21-10-12-23(27)24(14-21)34-17-18-8-9-18)16-31-22(15-28-30-31)7-5-3-4-6-20-11-13-25(32)29-26(20)33/h10,12,14-15,18-20H,2-9,11,13,16-17H2,1H3,(H,29,32,33). The van der Waals surface area contributed by atoms with Crippen LogP contribution in [0.25, 0.3) is 0 Å². The maximum absolute atomic E-state index is 14.2. The third kappa shape index (κ3) is 6.64. The van der Waals surface area contributed by atoms with Gasteiger partial charge < -0.3 is 4.74 Å². The number of amides is 2. The Morgan fingerprint density at radius 3 is 2.82 bits per heavy atom. The number of nitrogens with zero attached hydrogens (tertiary/aromatic N) is 3. The predicted molar refractivity (Wildman–Crippen MR) is 126 cm³/mol. The van der Waals surface area contributed by atoms with Gasteiger partial charge in [-0.05, 0) is 68.6 Å². The van der Waals surface area contributed by atoms with E-state index in [1.54, 1.807) is 0 Å². The molecule has 2 aliphatic rings. The van der Waals surface area contributed by atoms with Crippen LogP contribution in [-0.2, 0) is 22.6 Å². The van der Waals surface area contributed by atoms with Crippen LogP contribution in [0.2, 0.25) is 0 Å². The Morgan fingerprint density at radius 2 is 2.06 bits per heavy atom. The summed E-state index contributed by atoms with van der Waals surface area (Å²) in [6, 6.07) is 5.20. The monoisotopic (exact) mass is 470 g/mol. The molecule has 1 saturated carbocycles. The molecule has 2 amide bonds. The molecular weight excluding hydrogens is 435 g/mol. The summed E-state index contributed by atoms with van der Waals surface area (Å²) in [4.78, 5) is 23.1. The number of carbonyl (C=O) groups is 2. The molecule has 1 aliphatic heterocycles. The van der Waals surface area contributed by atoms with Crippen LogP contribution in [0.5, 0.6) is 5.75 Å². The smallest absolute Gasteiger partial charge is 0.229 e. The maximum atomic E-state index is 14.2. The molecule has 1 aliphatic carbocycles. The van der Waals surface area contributed by atoms with E-state index in [-0.39, 0.29) is 29.5 Å². The van der Waals surface area contributed by atoms with Crippen molar-refractivity contribution >= 4 is 11.8 Å². The van der Waals surface area contributed by atoms with E-state index in [4.69, 9.17) is 4.74 Å². The summed E-state index contributed by atoms with van der Waals surface area (Å²) in [5.74, 6) is 0.490. The van der Waals surface area contributed by atoms with Crippen molar-refractivity contribution in [3.05, 3.63) is 41.5 Å². The number of ether oxygens (including phenoxy) is 1. The number of carbonyl (C=O) groups excluding carboxylic acids is 2. The molecule has 34 heavy (non-hydrogen) atoms. The number of aryl methyl sites for hydroxylation is 1. The molecule has 2 unspecified atom stereocenters. The Hall–Kier alpha value is -2.77. The second-order valence-electron chi connectivity index (χ2n) is 9.70. The van der Waals surface area contributed by atoms with Gasteiger partial charge in [0, 0.05) is 24.8 Å². The van der Waals surface area contributed by atoms with Crippen molar-refractivity contribution in [2.75, 3.05) is 6.61 Å². The molecule has 1 aromatic carbocycles. The Balaban J connectivity index is 1.26. The molecule has 1 aromatic heterocycles. The third-order valence-electron chi connectivity index (χ3n) is 7.02. The number of rotatable bonds is 13. The van der Waals surface area contributed by atoms with Crippen LogP contribution < -0.4 is 10.1 Å². The fourth-order valence-corrected chi connectivity index (χ4v) is 4.57. The summed E-state index contributed by atoms with van der Waals surface area (Å²) < 4.78 is 21.9. The molecule has 4 rings (SSSR count). The molecular formula is C26H35FN4O3. The fourth-order valence-electron chi connectivity index (χ4n) is 4.57. The first-order valence-electron chi connectivity index (χ1n) is 12.7. The van der Waals surface area contributed by atoms with Gasteiger partial charge >= 0.3 is 0 Å². The van der Waals surface area contributed by atoms with E-state index in [2.05, 4.69) is 22.6 Å². The van der Waals surface area contributed by atoms with E-state index in [9.17, 15) is 14.0 Å². The number of hydrogen-bond donors (Lipinski definition) is 1. The van der Waals surface area contributed by atoms with E-state index in [1.165, 1.54) is 18.9 Å². The molecule has 2 fully saturated rings. The molecule has 1 saturated heterocycles. The van der Waals surface area contributed by atoms with Gasteiger partial charge in [-0.1, -0.05) is 31.0 Å². The number of aromatic nitrogens is 3. The highest BCUT2D eigenvalue weighted by molar-refractivity contribution is 5.98. The Labute approximate surface area is 200 Å². The minimum atomic E-state index is -0.307. The second-order valence-corrected chi connectivity index (χ2v) is 9.70. The van der Waals surface area contributed by atoms with Gasteiger partial charge in [0.25, 0.3) is 0 Å². The van der Waals surface area contributed by atoms with Crippen molar-refractivity contribution in [2.24, 2.45) is 11.8 Å². The second kappa shape index (κ2) is 11.6. The normalized spacial score (nSPS) is 19.2. The van der Waals surface area contributed by atoms with E-state index >= 15 is 0 Å². The Kier molecular flexibility index (Phi) is 8.29. The summed E-state index contributed by atoms with van der Waals surface area (Å²) in [5.41, 5.74) is 2.15. The van der Waals surface area contributed by atoms with Crippen molar-refractivity contribution < 1.29 is 18.7 Å². The van der Waals surface area contributed by atoms with Gasteiger partial charge in [-0.2, -0.15) is 0 Å². The van der Waals surface area contributed by atoms with Crippen molar-refractivity contribution in [2.45, 2.75) is 83.6 Å². The van der Waals surface area contributed by atoms with Crippen LogP contribution in [0.15, 0.2) is 24.4 Å². The zero-order valence-corrected chi connectivity index (χ0v) is 20.0. The lowest BCUT2D eigenvalue weighted by Gasteiger charge is -2.20. The van der Waals surface area contributed by atoms with Gasteiger partial charge in [0.15, 0.2) is 11.6 Å². The van der Waals surface area contributed by atoms with Crippen molar-refractivity contribution in [3.63, 3.8) is 0 Å². The molecule has 1 N–H and O–H groups in total. The molecule has 0 radical (unpaired) electrons. The van der Waals surface area contributed by atoms with Gasteiger partial charge in [-0.15, -0.1) is 5.10 Å². The summed E-state index contributed by atoms with van der Waals surface area (Å²) in [5, 5.41) is 10.9. The van der Waals surface area contributed by atoms with Crippen LogP contribution in [0.4, 0.5) is 4.39 Å². The fraction of sp³-hybridized carbons (Fsp3) is 0.615. The number of benzene rings is 1. The first-order valence-corrected chi connectivity index (χ1v) is 12.7. The Morgan fingerprint density at radius 1 is 1.21 bits per heavy atom. The minimum Gasteiger partial charge on any atom is -0.490 e. The van der Waals surface area contributed by atoms with E-state index in [0.717, 1.165) is 49.8 Å². The highest BCUT2D eigenvalue weighted by Crippen LogP contribution is 2.32. The molecule has 0 bridgehead atoms. The maximum Gasteiger partial charge on any atom is 0.229 e. The van der Waals surface area contributed by atoms with Crippen LogP contribution in [0.3, 0.4) is 0 Å². The molecule has 7 nitrogen and oxygen atoms in total. The van der Waals surface area contributed by atoms with Gasteiger partial charge in [-0.25, -0.2) is 9.07 Å². The summed E-state index contributed by atoms with van der Waals surface area (Å²) in [7, 11) is 0. The highest BCUT2D eigenvalue weighted by atomic mass is 19.1. The van der Waals surface area contributed by atoms with Gasteiger partial charge in [-0.3, -0.25) is 14.9 Å². The molecule has 2 atom stereocenters. The molecule has 184 valence electrons. The minimum absolute atomic E-state index is 0.0379. The van der Waals surface area contributed by atoms with E-state index in [1.807, 2.05) is 23.0 Å². The largest absolute Gasteiger partial charge is 0.490 e. The quantitative estimate of drug-likeness (QED) is 0.343. The third-order valence-corrected chi connectivity index (χ3v) is 7.02. The number of imide groups is 1.